The van der Waals surface area contributed by atoms with Crippen LogP contribution in [0.15, 0.2) is 51.8 Å². The lowest BCUT2D eigenvalue weighted by molar-refractivity contribution is 0.0627. The Balaban J connectivity index is 1.63. The van der Waals surface area contributed by atoms with Gasteiger partial charge in [-0.3, -0.25) is 9.69 Å². The Morgan fingerprint density at radius 3 is 2.32 bits per heavy atom. The number of methoxy groups -OCH3 is 1. The van der Waals surface area contributed by atoms with E-state index in [1.807, 2.05) is 24.3 Å². The van der Waals surface area contributed by atoms with Crippen LogP contribution < -0.4 is 9.88 Å². The summed E-state index contributed by atoms with van der Waals surface area (Å²) in [6.07, 6.45) is 0. The van der Waals surface area contributed by atoms with Gasteiger partial charge < -0.3 is 9.64 Å². The van der Waals surface area contributed by atoms with Gasteiger partial charge in [0.25, 0.3) is 5.91 Å². The second-order valence-electron chi connectivity index (χ2n) is 6.60. The van der Waals surface area contributed by atoms with E-state index in [9.17, 15) is 13.2 Å². The topological polar surface area (TPSA) is 92.9 Å². The van der Waals surface area contributed by atoms with Crippen molar-refractivity contribution in [1.82, 2.24) is 9.80 Å². The van der Waals surface area contributed by atoms with Gasteiger partial charge in [-0.05, 0) is 51.8 Å². The highest BCUT2D eigenvalue weighted by atomic mass is 79.9. The molecule has 0 atom stereocenters. The van der Waals surface area contributed by atoms with Gasteiger partial charge in [0, 0.05) is 37.2 Å². The van der Waals surface area contributed by atoms with Crippen molar-refractivity contribution in [2.45, 2.75) is 11.4 Å². The van der Waals surface area contributed by atoms with E-state index in [1.54, 1.807) is 12.0 Å². The van der Waals surface area contributed by atoms with Gasteiger partial charge in [-0.25, -0.2) is 13.6 Å². The summed E-state index contributed by atoms with van der Waals surface area (Å²) in [4.78, 5) is 16.8. The lowest BCUT2D eigenvalue weighted by atomic mass is 10.1. The SMILES string of the molecule is COc1ccc(CN2CCN(C(=O)c3cc(S(N)(=O)=O)ccc3Br)CC2)cc1. The third kappa shape index (κ3) is 4.91. The molecule has 28 heavy (non-hydrogen) atoms. The van der Waals surface area contributed by atoms with Crippen LogP contribution in [0.3, 0.4) is 0 Å². The van der Waals surface area contributed by atoms with E-state index in [0.717, 1.165) is 25.4 Å². The summed E-state index contributed by atoms with van der Waals surface area (Å²) in [5.74, 6) is 0.618. The van der Waals surface area contributed by atoms with E-state index < -0.39 is 10.0 Å². The Labute approximate surface area is 173 Å². The summed E-state index contributed by atoms with van der Waals surface area (Å²) in [7, 11) is -2.22. The van der Waals surface area contributed by atoms with E-state index in [4.69, 9.17) is 9.88 Å². The minimum Gasteiger partial charge on any atom is -0.497 e. The first-order chi connectivity index (χ1) is 13.3. The average Bonchev–Trinajstić information content (AvgIpc) is 2.68. The normalized spacial score (nSPS) is 15.5. The summed E-state index contributed by atoms with van der Waals surface area (Å²) in [5, 5.41) is 5.18. The zero-order valence-corrected chi connectivity index (χ0v) is 17.9. The summed E-state index contributed by atoms with van der Waals surface area (Å²) >= 11 is 3.33. The summed E-state index contributed by atoms with van der Waals surface area (Å²) in [5.41, 5.74) is 1.49. The minimum absolute atomic E-state index is 0.0720. The molecule has 0 aromatic heterocycles. The first-order valence-corrected chi connectivity index (χ1v) is 11.1. The molecule has 1 fully saturated rings. The van der Waals surface area contributed by atoms with Gasteiger partial charge in [-0.2, -0.15) is 0 Å². The predicted molar refractivity (Wildman–Crippen MR) is 110 cm³/mol. The molecule has 150 valence electrons. The van der Waals surface area contributed by atoms with E-state index in [0.29, 0.717) is 23.1 Å². The standard InChI is InChI=1S/C19H22BrN3O4S/c1-27-15-4-2-14(3-5-15)13-22-8-10-23(11-9-22)19(24)17-12-16(28(21,25)26)6-7-18(17)20/h2-7,12H,8-11,13H2,1H3,(H2,21,25,26). The molecule has 1 saturated heterocycles. The highest BCUT2D eigenvalue weighted by molar-refractivity contribution is 9.10. The number of carbonyl (C=O) groups excluding carboxylic acids is 1. The highest BCUT2D eigenvalue weighted by Gasteiger charge is 2.24. The van der Waals surface area contributed by atoms with Crippen LogP contribution >= 0.6 is 15.9 Å². The number of piperazine rings is 1. The predicted octanol–water partition coefficient (Wildman–Crippen LogP) is 2.06. The van der Waals surface area contributed by atoms with Crippen molar-refractivity contribution < 1.29 is 17.9 Å². The van der Waals surface area contributed by atoms with Crippen molar-refractivity contribution >= 4 is 31.9 Å². The van der Waals surface area contributed by atoms with E-state index in [1.165, 1.54) is 23.8 Å². The summed E-state index contributed by atoms with van der Waals surface area (Å²) in [6.45, 7) is 3.42. The number of ether oxygens (including phenoxy) is 1. The molecule has 1 aliphatic rings. The monoisotopic (exact) mass is 467 g/mol. The smallest absolute Gasteiger partial charge is 0.255 e. The third-order valence-corrected chi connectivity index (χ3v) is 6.32. The first kappa shape index (κ1) is 20.8. The number of halogens is 1. The molecular formula is C19H22BrN3O4S. The Morgan fingerprint density at radius 2 is 1.75 bits per heavy atom. The molecule has 2 aromatic rings. The molecule has 9 heteroatoms. The lowest BCUT2D eigenvalue weighted by Crippen LogP contribution is -2.48. The van der Waals surface area contributed by atoms with Gasteiger partial charge in [0.1, 0.15) is 5.75 Å². The molecule has 0 spiro atoms. The van der Waals surface area contributed by atoms with Gasteiger partial charge in [0.05, 0.1) is 17.6 Å². The van der Waals surface area contributed by atoms with Gasteiger partial charge in [-0.15, -0.1) is 0 Å². The van der Waals surface area contributed by atoms with Gasteiger partial charge >= 0.3 is 0 Å². The zero-order chi connectivity index (χ0) is 20.3. The van der Waals surface area contributed by atoms with Crippen LogP contribution in [0.2, 0.25) is 0 Å². The van der Waals surface area contributed by atoms with Crippen LogP contribution in [-0.2, 0) is 16.6 Å². The fraction of sp³-hybridized carbons (Fsp3) is 0.316. The number of carbonyl (C=O) groups is 1. The highest BCUT2D eigenvalue weighted by Crippen LogP contribution is 2.23. The number of nitrogens with two attached hydrogens (primary N) is 1. The van der Waals surface area contributed by atoms with Crippen LogP contribution in [-0.4, -0.2) is 57.4 Å². The number of rotatable bonds is 5. The molecule has 2 N–H and O–H groups in total. The zero-order valence-electron chi connectivity index (χ0n) is 15.5. The fourth-order valence-electron chi connectivity index (χ4n) is 3.11. The largest absolute Gasteiger partial charge is 0.497 e. The van der Waals surface area contributed by atoms with Crippen LogP contribution in [0, 0.1) is 0 Å². The fourth-order valence-corrected chi connectivity index (χ4v) is 4.07. The molecule has 7 nitrogen and oxygen atoms in total. The summed E-state index contributed by atoms with van der Waals surface area (Å²) < 4.78 is 28.9. The van der Waals surface area contributed by atoms with Crippen LogP contribution in [0.4, 0.5) is 0 Å². The maximum atomic E-state index is 12.9. The van der Waals surface area contributed by atoms with Crippen molar-refractivity contribution in [2.75, 3.05) is 33.3 Å². The molecule has 0 aliphatic carbocycles. The molecule has 1 heterocycles. The van der Waals surface area contributed by atoms with E-state index in [-0.39, 0.29) is 10.8 Å². The first-order valence-electron chi connectivity index (χ1n) is 8.75. The maximum Gasteiger partial charge on any atom is 0.255 e. The number of amides is 1. The molecule has 1 amide bonds. The summed E-state index contributed by atoms with van der Waals surface area (Å²) in [6, 6.07) is 12.2. The second kappa shape index (κ2) is 8.60. The van der Waals surface area contributed by atoms with Crippen LogP contribution in [0.5, 0.6) is 5.75 Å². The van der Waals surface area contributed by atoms with Crippen LogP contribution in [0.1, 0.15) is 15.9 Å². The molecule has 0 saturated carbocycles. The minimum atomic E-state index is -3.86. The number of primary sulfonamides is 1. The number of sulfonamides is 1. The number of benzene rings is 2. The molecule has 0 bridgehead atoms. The maximum absolute atomic E-state index is 12.9. The van der Waals surface area contributed by atoms with Gasteiger partial charge in [-0.1, -0.05) is 12.1 Å². The van der Waals surface area contributed by atoms with Crippen molar-refractivity contribution in [3.63, 3.8) is 0 Å². The Morgan fingerprint density at radius 1 is 1.11 bits per heavy atom. The van der Waals surface area contributed by atoms with Crippen molar-refractivity contribution in [1.29, 1.82) is 0 Å². The molecule has 0 unspecified atom stereocenters. The van der Waals surface area contributed by atoms with Crippen molar-refractivity contribution in [3.8, 4) is 5.75 Å². The van der Waals surface area contributed by atoms with Gasteiger partial charge in [0.2, 0.25) is 10.0 Å². The van der Waals surface area contributed by atoms with E-state index >= 15 is 0 Å². The quantitative estimate of drug-likeness (QED) is 0.726. The molecule has 2 aromatic carbocycles. The molecule has 0 radical (unpaired) electrons. The second-order valence-corrected chi connectivity index (χ2v) is 9.02. The lowest BCUT2D eigenvalue weighted by Gasteiger charge is -2.35. The molecule has 3 rings (SSSR count). The Bertz CT molecular complexity index is 956. The number of hydrogen-bond donors (Lipinski definition) is 1. The molecule has 1 aliphatic heterocycles. The number of hydrogen-bond acceptors (Lipinski definition) is 5. The Kier molecular flexibility index (Phi) is 6.39. The van der Waals surface area contributed by atoms with Crippen molar-refractivity contribution in [2.24, 2.45) is 5.14 Å². The average molecular weight is 468 g/mol. The Hall–Kier alpha value is -1.94. The number of nitrogens with zero attached hydrogens (tertiary/aromatic N) is 2. The third-order valence-electron chi connectivity index (χ3n) is 4.72. The van der Waals surface area contributed by atoms with Gasteiger partial charge in [0.15, 0.2) is 0 Å². The molecular weight excluding hydrogens is 446 g/mol. The van der Waals surface area contributed by atoms with E-state index in [2.05, 4.69) is 20.8 Å². The van der Waals surface area contributed by atoms with Crippen LogP contribution in [0.25, 0.3) is 0 Å². The van der Waals surface area contributed by atoms with Crippen molar-refractivity contribution in [3.05, 3.63) is 58.1 Å².